The lowest BCUT2D eigenvalue weighted by Gasteiger charge is -2.30. The van der Waals surface area contributed by atoms with Crippen LogP contribution in [0.2, 0.25) is 0 Å². The van der Waals surface area contributed by atoms with Gasteiger partial charge in [-0.2, -0.15) is 0 Å². The molecule has 0 saturated carbocycles. The summed E-state index contributed by atoms with van der Waals surface area (Å²) in [5.74, 6) is -1.04. The number of carboxylic acid groups (broad SMARTS) is 1. The zero-order chi connectivity index (χ0) is 14.7. The second kappa shape index (κ2) is 6.23. The monoisotopic (exact) mass is 341 g/mol. The highest BCUT2D eigenvalue weighted by molar-refractivity contribution is 9.10. The van der Waals surface area contributed by atoms with Crippen molar-refractivity contribution in [2.45, 2.75) is 18.9 Å². The number of piperidine rings is 1. The number of nitrogens with two attached hydrogens (primary N) is 1. The van der Waals surface area contributed by atoms with Crippen LogP contribution in [0.25, 0.3) is 0 Å². The maximum Gasteiger partial charge on any atom is 0.336 e. The van der Waals surface area contributed by atoms with Crippen molar-refractivity contribution in [2.24, 2.45) is 5.73 Å². The fourth-order valence-electron chi connectivity index (χ4n) is 2.07. The number of nitrogens with one attached hydrogen (secondary N) is 1. The number of carbonyl (C=O) groups excluding carboxylic acids is 1. The molecule has 0 aliphatic carbocycles. The number of urea groups is 1. The number of nitrogens with zero attached hydrogens (tertiary/aromatic N) is 1. The first-order valence-electron chi connectivity index (χ1n) is 6.31. The van der Waals surface area contributed by atoms with E-state index >= 15 is 0 Å². The summed E-state index contributed by atoms with van der Waals surface area (Å²) >= 11 is 3.16. The molecular formula is C13H16BrN3O3. The molecule has 1 aliphatic heterocycles. The Morgan fingerprint density at radius 1 is 1.35 bits per heavy atom. The third kappa shape index (κ3) is 3.49. The van der Waals surface area contributed by atoms with Gasteiger partial charge in [0.2, 0.25) is 0 Å². The highest BCUT2D eigenvalue weighted by Gasteiger charge is 2.20. The van der Waals surface area contributed by atoms with Crippen LogP contribution in [0.5, 0.6) is 0 Å². The smallest absolute Gasteiger partial charge is 0.336 e. The highest BCUT2D eigenvalue weighted by Crippen LogP contribution is 2.21. The van der Waals surface area contributed by atoms with Gasteiger partial charge in [0.25, 0.3) is 0 Å². The van der Waals surface area contributed by atoms with E-state index in [0.29, 0.717) is 23.2 Å². The zero-order valence-corrected chi connectivity index (χ0v) is 12.4. The van der Waals surface area contributed by atoms with E-state index in [2.05, 4.69) is 21.2 Å². The lowest BCUT2D eigenvalue weighted by Crippen LogP contribution is -2.44. The van der Waals surface area contributed by atoms with Crippen LogP contribution in [0.15, 0.2) is 22.7 Å². The fraction of sp³-hybridized carbons (Fsp3) is 0.385. The summed E-state index contributed by atoms with van der Waals surface area (Å²) in [4.78, 5) is 24.8. The summed E-state index contributed by atoms with van der Waals surface area (Å²) in [7, 11) is 0. The SMILES string of the molecule is NC1CCN(C(=O)Nc2ccc(Br)c(C(=O)O)c2)CC1. The number of hydrogen-bond donors (Lipinski definition) is 3. The Kier molecular flexibility index (Phi) is 4.61. The van der Waals surface area contributed by atoms with E-state index in [9.17, 15) is 9.59 Å². The van der Waals surface area contributed by atoms with Crippen LogP contribution in [-0.4, -0.2) is 41.1 Å². The van der Waals surface area contributed by atoms with E-state index in [0.717, 1.165) is 12.8 Å². The molecule has 1 aromatic carbocycles. The fourth-order valence-corrected chi connectivity index (χ4v) is 2.49. The van der Waals surface area contributed by atoms with Gasteiger partial charge in [0.15, 0.2) is 0 Å². The molecule has 108 valence electrons. The lowest BCUT2D eigenvalue weighted by molar-refractivity contribution is 0.0696. The van der Waals surface area contributed by atoms with Gasteiger partial charge in [-0.1, -0.05) is 0 Å². The number of halogens is 1. The van der Waals surface area contributed by atoms with Crippen LogP contribution in [0, 0.1) is 0 Å². The molecule has 7 heteroatoms. The number of aromatic carboxylic acids is 1. The van der Waals surface area contributed by atoms with Gasteiger partial charge >= 0.3 is 12.0 Å². The summed E-state index contributed by atoms with van der Waals surface area (Å²) in [5.41, 5.74) is 6.37. The minimum absolute atomic E-state index is 0.114. The van der Waals surface area contributed by atoms with Crippen LogP contribution >= 0.6 is 15.9 Å². The van der Waals surface area contributed by atoms with E-state index in [1.165, 1.54) is 6.07 Å². The average Bonchev–Trinajstić information content (AvgIpc) is 2.41. The predicted octanol–water partition coefficient (Wildman–Crippen LogP) is 2.10. The van der Waals surface area contributed by atoms with Crippen LogP contribution in [0.3, 0.4) is 0 Å². The number of anilines is 1. The van der Waals surface area contributed by atoms with Gasteiger partial charge < -0.3 is 21.1 Å². The molecule has 20 heavy (non-hydrogen) atoms. The van der Waals surface area contributed by atoms with Gasteiger partial charge in [-0.3, -0.25) is 0 Å². The molecular weight excluding hydrogens is 326 g/mol. The predicted molar refractivity (Wildman–Crippen MR) is 78.9 cm³/mol. The minimum Gasteiger partial charge on any atom is -0.478 e. The van der Waals surface area contributed by atoms with Crippen LogP contribution < -0.4 is 11.1 Å². The van der Waals surface area contributed by atoms with E-state index in [-0.39, 0.29) is 17.6 Å². The average molecular weight is 342 g/mol. The third-order valence-corrected chi connectivity index (χ3v) is 3.97. The van der Waals surface area contributed by atoms with E-state index in [4.69, 9.17) is 10.8 Å². The Labute approximate surface area is 125 Å². The van der Waals surface area contributed by atoms with Crippen LogP contribution in [-0.2, 0) is 0 Å². The van der Waals surface area contributed by atoms with E-state index < -0.39 is 5.97 Å². The molecule has 0 bridgehead atoms. The molecule has 1 aromatic rings. The summed E-state index contributed by atoms with van der Waals surface area (Å²) in [6, 6.07) is 4.62. The molecule has 0 atom stereocenters. The largest absolute Gasteiger partial charge is 0.478 e. The van der Waals surface area contributed by atoms with E-state index in [1.54, 1.807) is 17.0 Å². The van der Waals surface area contributed by atoms with Gasteiger partial charge in [0, 0.05) is 29.3 Å². The van der Waals surface area contributed by atoms with Gasteiger partial charge in [-0.25, -0.2) is 9.59 Å². The Bertz CT molecular complexity index is 528. The Balaban J connectivity index is 2.04. The lowest BCUT2D eigenvalue weighted by atomic mass is 10.1. The molecule has 2 amide bonds. The first-order chi connectivity index (χ1) is 9.47. The van der Waals surface area contributed by atoms with Crippen LogP contribution in [0.4, 0.5) is 10.5 Å². The Morgan fingerprint density at radius 3 is 2.60 bits per heavy atom. The molecule has 4 N–H and O–H groups in total. The molecule has 0 radical (unpaired) electrons. The van der Waals surface area contributed by atoms with Crippen LogP contribution in [0.1, 0.15) is 23.2 Å². The van der Waals surface area contributed by atoms with Crippen molar-refractivity contribution >= 4 is 33.6 Å². The maximum atomic E-state index is 12.1. The molecule has 6 nitrogen and oxygen atoms in total. The number of rotatable bonds is 2. The molecule has 0 spiro atoms. The molecule has 1 fully saturated rings. The molecule has 1 saturated heterocycles. The van der Waals surface area contributed by atoms with E-state index in [1.807, 2.05) is 0 Å². The number of hydrogen-bond acceptors (Lipinski definition) is 3. The summed E-state index contributed by atoms with van der Waals surface area (Å²) in [6.45, 7) is 1.24. The second-order valence-corrected chi connectivity index (χ2v) is 5.61. The minimum atomic E-state index is -1.04. The van der Waals surface area contributed by atoms with Gasteiger partial charge in [0.05, 0.1) is 5.56 Å². The summed E-state index contributed by atoms with van der Waals surface area (Å²) in [5, 5.41) is 11.7. The summed E-state index contributed by atoms with van der Waals surface area (Å²) < 4.78 is 0.479. The first kappa shape index (κ1) is 14.8. The number of likely N-dealkylation sites (tertiary alicyclic amines) is 1. The molecule has 2 rings (SSSR count). The van der Waals surface area contributed by atoms with Crippen molar-refractivity contribution in [3.8, 4) is 0 Å². The number of amides is 2. The number of carboxylic acids is 1. The molecule has 1 aliphatic rings. The van der Waals surface area contributed by atoms with Crippen molar-refractivity contribution in [2.75, 3.05) is 18.4 Å². The maximum absolute atomic E-state index is 12.1. The number of benzene rings is 1. The first-order valence-corrected chi connectivity index (χ1v) is 7.11. The summed E-state index contributed by atoms with van der Waals surface area (Å²) in [6.07, 6.45) is 1.57. The van der Waals surface area contributed by atoms with Crippen molar-refractivity contribution in [3.63, 3.8) is 0 Å². The highest BCUT2D eigenvalue weighted by atomic mass is 79.9. The number of carbonyl (C=O) groups is 2. The van der Waals surface area contributed by atoms with Crippen molar-refractivity contribution in [1.82, 2.24) is 4.90 Å². The Morgan fingerprint density at radius 2 is 2.00 bits per heavy atom. The van der Waals surface area contributed by atoms with Gasteiger partial charge in [-0.15, -0.1) is 0 Å². The quantitative estimate of drug-likeness (QED) is 0.767. The Hall–Kier alpha value is -1.60. The molecule has 1 heterocycles. The second-order valence-electron chi connectivity index (χ2n) is 4.75. The molecule has 0 unspecified atom stereocenters. The van der Waals surface area contributed by atoms with Crippen molar-refractivity contribution < 1.29 is 14.7 Å². The van der Waals surface area contributed by atoms with Crippen molar-refractivity contribution in [3.05, 3.63) is 28.2 Å². The molecule has 0 aromatic heterocycles. The topological polar surface area (TPSA) is 95.7 Å². The van der Waals surface area contributed by atoms with Gasteiger partial charge in [0.1, 0.15) is 0 Å². The zero-order valence-electron chi connectivity index (χ0n) is 10.8. The van der Waals surface area contributed by atoms with Gasteiger partial charge in [-0.05, 0) is 47.0 Å². The third-order valence-electron chi connectivity index (χ3n) is 3.27. The normalized spacial score (nSPS) is 16.0. The van der Waals surface area contributed by atoms with Crippen molar-refractivity contribution in [1.29, 1.82) is 0 Å². The standard InChI is InChI=1S/C13H16BrN3O3/c14-11-2-1-9(7-10(11)12(18)19)16-13(20)17-5-3-8(15)4-6-17/h1-2,7-8H,3-6,15H2,(H,16,20)(H,18,19).